The molecule has 0 saturated carbocycles. The van der Waals surface area contributed by atoms with Gasteiger partial charge in [-0.1, -0.05) is 5.11 Å². The Balaban J connectivity index is 2.12. The summed E-state index contributed by atoms with van der Waals surface area (Å²) in [5.74, 6) is 0. The molecule has 2 rings (SSSR count). The Morgan fingerprint density at radius 3 is 2.81 bits per heavy atom. The number of H-pyrrole nitrogens is 1. The lowest BCUT2D eigenvalue weighted by molar-refractivity contribution is -0.0257. The molecule has 1 aromatic heterocycles. The van der Waals surface area contributed by atoms with Gasteiger partial charge < -0.3 is 4.74 Å². The number of nitrogens with zero attached hydrogens (tertiary/aromatic N) is 4. The minimum absolute atomic E-state index is 0.136. The fourth-order valence-corrected chi connectivity index (χ4v) is 3.18. The van der Waals surface area contributed by atoms with Gasteiger partial charge in [0.1, 0.15) is 18.4 Å². The maximum atomic E-state index is 12.0. The van der Waals surface area contributed by atoms with Crippen LogP contribution < -0.4 is 11.2 Å². The van der Waals surface area contributed by atoms with Gasteiger partial charge in [0.05, 0.1) is 12.1 Å². The highest BCUT2D eigenvalue weighted by molar-refractivity contribution is 7.33. The number of hydrogen-bond acceptors (Lipinski definition) is 7. The van der Waals surface area contributed by atoms with Gasteiger partial charge in [-0.2, -0.15) is 0 Å². The number of aromatic nitrogens is 2. The van der Waals surface area contributed by atoms with E-state index >= 15 is 0 Å². The Morgan fingerprint density at radius 1 is 1.50 bits per heavy atom. The van der Waals surface area contributed by atoms with E-state index in [0.717, 1.165) is 0 Å². The molecular weight excluding hydrogens is 365 g/mol. The number of aryl methyl sites for hydroxylation is 1. The fraction of sp³-hybridized carbons (Fsp3) is 0.714. The van der Waals surface area contributed by atoms with E-state index in [9.17, 15) is 14.2 Å². The van der Waals surface area contributed by atoms with Crippen LogP contribution in [0.3, 0.4) is 0 Å². The first-order valence-electron chi connectivity index (χ1n) is 7.92. The van der Waals surface area contributed by atoms with Gasteiger partial charge in [-0.3, -0.25) is 14.3 Å². The Labute approximate surface area is 149 Å². The number of azide groups is 1. The van der Waals surface area contributed by atoms with E-state index in [1.807, 2.05) is 0 Å². The first kappa shape index (κ1) is 20.3. The topological polar surface area (TPSA) is 148 Å². The van der Waals surface area contributed by atoms with Gasteiger partial charge in [0.2, 0.25) is 0 Å². The second kappa shape index (κ2) is 8.11. The van der Waals surface area contributed by atoms with Crippen LogP contribution in [0.4, 0.5) is 0 Å². The number of ether oxygens (including phenoxy) is 1. The zero-order chi connectivity index (χ0) is 19.5. The second-order valence-electron chi connectivity index (χ2n) is 6.84. The SMILES string of the molecule is Cc1cn([C@H]2CC(N=[N+]=[N-])[C@@H](CO[P+](=O)OC(C)(C)C)O2)c(=O)[nH]c1=O. The molecule has 1 fully saturated rings. The normalized spacial score (nSPS) is 23.5. The molecule has 1 saturated heterocycles. The molecule has 1 aromatic rings. The molecule has 0 radical (unpaired) electrons. The van der Waals surface area contributed by atoms with E-state index in [0.29, 0.717) is 5.56 Å². The zero-order valence-corrected chi connectivity index (χ0v) is 15.8. The highest BCUT2D eigenvalue weighted by atomic mass is 31.1. The lowest BCUT2D eigenvalue weighted by Gasteiger charge is -2.15. The van der Waals surface area contributed by atoms with Gasteiger partial charge in [0.15, 0.2) is 0 Å². The molecule has 0 bridgehead atoms. The third kappa shape index (κ3) is 5.23. The van der Waals surface area contributed by atoms with Crippen LogP contribution in [0.25, 0.3) is 10.4 Å². The summed E-state index contributed by atoms with van der Waals surface area (Å²) < 4.78 is 29.1. The molecule has 2 heterocycles. The Hall–Kier alpha value is -2.03. The van der Waals surface area contributed by atoms with Crippen molar-refractivity contribution < 1.29 is 18.3 Å². The molecule has 2 unspecified atom stereocenters. The van der Waals surface area contributed by atoms with Crippen LogP contribution in [0.1, 0.15) is 39.0 Å². The third-order valence-corrected chi connectivity index (χ3v) is 4.61. The molecule has 1 aliphatic rings. The minimum atomic E-state index is -2.38. The summed E-state index contributed by atoms with van der Waals surface area (Å²) in [6.07, 6.45) is 0.132. The van der Waals surface area contributed by atoms with E-state index in [4.69, 9.17) is 19.3 Å². The van der Waals surface area contributed by atoms with Crippen molar-refractivity contribution in [3.8, 4) is 0 Å². The Kier molecular flexibility index (Phi) is 6.33. The summed E-state index contributed by atoms with van der Waals surface area (Å²) in [5.41, 5.74) is 7.32. The lowest BCUT2D eigenvalue weighted by Crippen LogP contribution is -2.33. The van der Waals surface area contributed by atoms with E-state index in [1.165, 1.54) is 10.8 Å². The fourth-order valence-electron chi connectivity index (χ4n) is 2.41. The van der Waals surface area contributed by atoms with Crippen molar-refractivity contribution in [1.82, 2.24) is 9.55 Å². The maximum absolute atomic E-state index is 12.0. The number of hydrogen-bond donors (Lipinski definition) is 1. The van der Waals surface area contributed by atoms with Crippen molar-refractivity contribution in [2.75, 3.05) is 6.61 Å². The maximum Gasteiger partial charge on any atom is 0.698 e. The molecule has 0 aromatic carbocycles. The zero-order valence-electron chi connectivity index (χ0n) is 14.9. The monoisotopic (exact) mass is 386 g/mol. The van der Waals surface area contributed by atoms with Crippen molar-refractivity contribution in [2.45, 2.75) is 58.1 Å². The molecule has 1 N–H and O–H groups in total. The van der Waals surface area contributed by atoms with Gasteiger partial charge in [0.25, 0.3) is 5.56 Å². The highest BCUT2D eigenvalue weighted by Gasteiger charge is 2.39. The summed E-state index contributed by atoms with van der Waals surface area (Å²) in [5, 5.41) is 3.66. The summed E-state index contributed by atoms with van der Waals surface area (Å²) in [6.45, 7) is 6.63. The molecule has 0 amide bonds. The van der Waals surface area contributed by atoms with Crippen LogP contribution in [-0.2, 0) is 18.3 Å². The van der Waals surface area contributed by atoms with Crippen LogP contribution >= 0.6 is 8.25 Å². The van der Waals surface area contributed by atoms with Crippen molar-refractivity contribution in [3.05, 3.63) is 43.0 Å². The van der Waals surface area contributed by atoms with Gasteiger partial charge in [0, 0.05) is 27.7 Å². The largest absolute Gasteiger partial charge is 0.698 e. The van der Waals surface area contributed by atoms with Gasteiger partial charge in [-0.15, -0.1) is 9.05 Å². The van der Waals surface area contributed by atoms with E-state index in [1.54, 1.807) is 27.7 Å². The van der Waals surface area contributed by atoms with Crippen molar-refractivity contribution in [1.29, 1.82) is 0 Å². The molecule has 142 valence electrons. The van der Waals surface area contributed by atoms with E-state index in [2.05, 4.69) is 15.0 Å². The second-order valence-corrected chi connectivity index (χ2v) is 7.73. The standard InChI is InChI=1S/C14H20N5O6P/c1-8-6-19(13(21)16-12(8)20)11-5-9(17-18-15)10(24-11)7-23-26(22)25-14(2,3)4/h6,9-11H,5,7H2,1-4H3/p+1/t9?,10-,11-/m1/s1. The average molecular weight is 386 g/mol. The third-order valence-electron chi connectivity index (χ3n) is 3.55. The molecule has 4 atom stereocenters. The lowest BCUT2D eigenvalue weighted by atomic mass is 10.1. The van der Waals surface area contributed by atoms with Crippen molar-refractivity contribution >= 4 is 8.25 Å². The van der Waals surface area contributed by atoms with E-state index in [-0.39, 0.29) is 13.0 Å². The molecule has 0 aliphatic carbocycles. The smallest absolute Gasteiger partial charge is 0.352 e. The summed E-state index contributed by atoms with van der Waals surface area (Å²) in [4.78, 5) is 28.5. The number of aromatic amines is 1. The average Bonchev–Trinajstić information content (AvgIpc) is 2.90. The first-order chi connectivity index (χ1) is 12.1. The molecular formula is C14H21N5O6P+. The Morgan fingerprint density at radius 2 is 2.19 bits per heavy atom. The quantitative estimate of drug-likeness (QED) is 0.343. The molecule has 0 spiro atoms. The Bertz CT molecular complexity index is 837. The van der Waals surface area contributed by atoms with Gasteiger partial charge in [-0.05, 0) is 33.2 Å². The van der Waals surface area contributed by atoms with Crippen LogP contribution in [0.15, 0.2) is 20.9 Å². The molecule has 11 nitrogen and oxygen atoms in total. The minimum Gasteiger partial charge on any atom is -0.352 e. The van der Waals surface area contributed by atoms with Gasteiger partial charge in [-0.25, -0.2) is 4.79 Å². The van der Waals surface area contributed by atoms with Gasteiger partial charge >= 0.3 is 13.9 Å². The summed E-state index contributed by atoms with van der Waals surface area (Å²) in [6, 6.07) is -0.623. The predicted octanol–water partition coefficient (Wildman–Crippen LogP) is 2.30. The van der Waals surface area contributed by atoms with Crippen LogP contribution in [0.5, 0.6) is 0 Å². The van der Waals surface area contributed by atoms with Crippen LogP contribution in [0, 0.1) is 6.92 Å². The predicted molar refractivity (Wildman–Crippen MR) is 91.9 cm³/mol. The van der Waals surface area contributed by atoms with Crippen LogP contribution in [-0.4, -0.2) is 33.9 Å². The molecule has 26 heavy (non-hydrogen) atoms. The van der Waals surface area contributed by atoms with Crippen LogP contribution in [0.2, 0.25) is 0 Å². The number of rotatable bonds is 6. The summed E-state index contributed by atoms with van der Waals surface area (Å²) >= 11 is 0. The first-order valence-corrected chi connectivity index (χ1v) is 9.01. The van der Waals surface area contributed by atoms with Crippen molar-refractivity contribution in [3.63, 3.8) is 0 Å². The van der Waals surface area contributed by atoms with E-state index < -0.39 is 43.5 Å². The van der Waals surface area contributed by atoms with Crippen molar-refractivity contribution in [2.24, 2.45) is 5.11 Å². The molecule has 1 aliphatic heterocycles. The highest BCUT2D eigenvalue weighted by Crippen LogP contribution is 2.35. The summed E-state index contributed by atoms with van der Waals surface area (Å²) in [7, 11) is -2.38. The molecule has 12 heteroatoms. The number of nitrogens with one attached hydrogen (secondary N) is 1.